The lowest BCUT2D eigenvalue weighted by Crippen LogP contribution is -2.02. The van der Waals surface area contributed by atoms with Crippen LogP contribution in [-0.4, -0.2) is 19.8 Å². The molecule has 0 atom stereocenters. The lowest BCUT2D eigenvalue weighted by Gasteiger charge is -2.07. The molecule has 0 amide bonds. The Hall–Kier alpha value is -1.89. The molecule has 0 saturated carbocycles. The van der Waals surface area contributed by atoms with Gasteiger partial charge in [-0.25, -0.2) is 12.8 Å². The monoisotopic (exact) mass is 256 g/mol. The van der Waals surface area contributed by atoms with Gasteiger partial charge in [0, 0.05) is 11.8 Å². The molecule has 0 bridgehead atoms. The van der Waals surface area contributed by atoms with Crippen molar-refractivity contribution in [3.8, 4) is 11.1 Å². The van der Waals surface area contributed by atoms with E-state index in [1.165, 1.54) is 18.3 Å². The summed E-state index contributed by atoms with van der Waals surface area (Å²) in [6.45, 7) is 0. The number of halogens is 1. The van der Waals surface area contributed by atoms with Crippen LogP contribution in [-0.2, 0) is 9.84 Å². The Balaban J connectivity index is 2.82. The first kappa shape index (κ1) is 11.6. The minimum atomic E-state index is -3.56. The highest BCUT2D eigenvalue weighted by Crippen LogP contribution is 2.33. The van der Waals surface area contributed by atoms with Crippen LogP contribution in [0.15, 0.2) is 33.8 Å². The Bertz CT molecular complexity index is 664. The van der Waals surface area contributed by atoms with Crippen molar-refractivity contribution in [2.45, 2.75) is 4.90 Å². The topological polar surface area (TPSA) is 86.2 Å². The van der Waals surface area contributed by atoms with E-state index in [9.17, 15) is 12.8 Å². The van der Waals surface area contributed by atoms with Gasteiger partial charge in [0.25, 0.3) is 0 Å². The number of aromatic nitrogens is 1. The quantitative estimate of drug-likeness (QED) is 0.879. The molecule has 0 aliphatic heterocycles. The molecule has 0 aliphatic carbocycles. The number of nitrogen functional groups attached to an aromatic ring is 1. The molecule has 1 heterocycles. The molecule has 5 nitrogen and oxygen atoms in total. The van der Waals surface area contributed by atoms with Crippen molar-refractivity contribution >= 4 is 15.7 Å². The molecule has 0 saturated heterocycles. The third-order valence-electron chi connectivity index (χ3n) is 2.24. The van der Waals surface area contributed by atoms with Crippen molar-refractivity contribution < 1.29 is 17.3 Å². The molecule has 1 aromatic carbocycles. The van der Waals surface area contributed by atoms with Gasteiger partial charge < -0.3 is 10.3 Å². The predicted molar refractivity (Wildman–Crippen MR) is 59.4 cm³/mol. The molecule has 0 aliphatic rings. The van der Waals surface area contributed by atoms with E-state index in [4.69, 9.17) is 5.73 Å². The molecular formula is C10H9FN2O3S. The van der Waals surface area contributed by atoms with Crippen molar-refractivity contribution in [2.75, 3.05) is 12.0 Å². The molecular weight excluding hydrogens is 247 g/mol. The van der Waals surface area contributed by atoms with Crippen LogP contribution in [0.2, 0.25) is 0 Å². The second-order valence-electron chi connectivity index (χ2n) is 3.49. The fourth-order valence-corrected chi connectivity index (χ4v) is 2.42. The van der Waals surface area contributed by atoms with Crippen LogP contribution in [0.25, 0.3) is 11.1 Å². The number of benzene rings is 1. The van der Waals surface area contributed by atoms with Crippen molar-refractivity contribution in [3.63, 3.8) is 0 Å². The molecule has 2 N–H and O–H groups in total. The second kappa shape index (κ2) is 3.85. The summed E-state index contributed by atoms with van der Waals surface area (Å²) in [6.07, 6.45) is 2.18. The molecule has 0 fully saturated rings. The van der Waals surface area contributed by atoms with Gasteiger partial charge in [0.05, 0.1) is 16.7 Å². The van der Waals surface area contributed by atoms with Crippen molar-refractivity contribution in [3.05, 3.63) is 30.2 Å². The zero-order chi connectivity index (χ0) is 12.6. The van der Waals surface area contributed by atoms with E-state index in [1.807, 2.05) is 0 Å². The molecule has 90 valence electrons. The maximum absolute atomic E-state index is 13.7. The molecule has 2 aromatic rings. The van der Waals surface area contributed by atoms with Gasteiger partial charge in [0.15, 0.2) is 9.84 Å². The molecule has 0 spiro atoms. The molecule has 17 heavy (non-hydrogen) atoms. The van der Waals surface area contributed by atoms with Crippen LogP contribution in [0.5, 0.6) is 0 Å². The van der Waals surface area contributed by atoms with Crippen LogP contribution in [0.4, 0.5) is 10.3 Å². The van der Waals surface area contributed by atoms with Crippen LogP contribution >= 0.6 is 0 Å². The van der Waals surface area contributed by atoms with Crippen LogP contribution < -0.4 is 5.73 Å². The number of nitrogens with zero attached hydrogens (tertiary/aromatic N) is 1. The summed E-state index contributed by atoms with van der Waals surface area (Å²) in [6, 6.07) is 3.77. The van der Waals surface area contributed by atoms with Gasteiger partial charge in [0.2, 0.25) is 5.88 Å². The van der Waals surface area contributed by atoms with E-state index in [0.717, 1.165) is 12.3 Å². The highest BCUT2D eigenvalue weighted by molar-refractivity contribution is 7.90. The summed E-state index contributed by atoms with van der Waals surface area (Å²) in [5.41, 5.74) is 5.47. The molecule has 0 radical (unpaired) electrons. The van der Waals surface area contributed by atoms with E-state index in [1.54, 1.807) is 0 Å². The van der Waals surface area contributed by atoms with Crippen molar-refractivity contribution in [1.82, 2.24) is 5.16 Å². The summed E-state index contributed by atoms with van der Waals surface area (Å²) in [5.74, 6) is -0.817. The second-order valence-corrected chi connectivity index (χ2v) is 5.47. The Morgan fingerprint density at radius 3 is 2.65 bits per heavy atom. The van der Waals surface area contributed by atoms with Gasteiger partial charge in [-0.2, -0.15) is 0 Å². The number of sulfone groups is 1. The van der Waals surface area contributed by atoms with Gasteiger partial charge in [-0.15, -0.1) is 0 Å². The normalized spacial score (nSPS) is 11.6. The Morgan fingerprint density at radius 1 is 1.41 bits per heavy atom. The molecule has 7 heteroatoms. The smallest absolute Gasteiger partial charge is 0.230 e. The summed E-state index contributed by atoms with van der Waals surface area (Å²) >= 11 is 0. The zero-order valence-electron chi connectivity index (χ0n) is 8.84. The first-order chi connectivity index (χ1) is 7.91. The maximum atomic E-state index is 13.7. The highest BCUT2D eigenvalue weighted by Gasteiger charge is 2.21. The van der Waals surface area contributed by atoms with Gasteiger partial charge in [-0.3, -0.25) is 0 Å². The number of anilines is 1. The number of hydrogen-bond acceptors (Lipinski definition) is 5. The van der Waals surface area contributed by atoms with Crippen LogP contribution in [0.1, 0.15) is 0 Å². The molecule has 0 unspecified atom stereocenters. The third-order valence-corrected chi connectivity index (χ3v) is 3.38. The van der Waals surface area contributed by atoms with Crippen LogP contribution in [0.3, 0.4) is 0 Å². The van der Waals surface area contributed by atoms with Gasteiger partial charge in [-0.05, 0) is 12.1 Å². The number of nitrogens with two attached hydrogens (primary N) is 1. The first-order valence-corrected chi connectivity index (χ1v) is 6.49. The summed E-state index contributed by atoms with van der Waals surface area (Å²) in [4.78, 5) is -0.146. The van der Waals surface area contributed by atoms with E-state index in [2.05, 4.69) is 9.68 Å². The Morgan fingerprint density at radius 2 is 2.12 bits per heavy atom. The SMILES string of the molecule is CS(=O)(=O)c1cccc(F)c1-c1cnoc1N. The minimum Gasteiger partial charge on any atom is -0.367 e. The number of rotatable bonds is 2. The lowest BCUT2D eigenvalue weighted by atomic mass is 10.1. The zero-order valence-corrected chi connectivity index (χ0v) is 9.66. The van der Waals surface area contributed by atoms with Gasteiger partial charge in [0.1, 0.15) is 5.82 Å². The first-order valence-electron chi connectivity index (χ1n) is 4.60. The summed E-state index contributed by atoms with van der Waals surface area (Å²) < 4.78 is 41.4. The largest absolute Gasteiger partial charge is 0.367 e. The van der Waals surface area contributed by atoms with Gasteiger partial charge in [-0.1, -0.05) is 11.2 Å². The van der Waals surface area contributed by atoms with Gasteiger partial charge >= 0.3 is 0 Å². The fourth-order valence-electron chi connectivity index (χ4n) is 1.51. The van der Waals surface area contributed by atoms with E-state index >= 15 is 0 Å². The Labute approximate surface area is 96.9 Å². The minimum absolute atomic E-state index is 0.117. The average molecular weight is 256 g/mol. The van der Waals surface area contributed by atoms with E-state index in [0.29, 0.717) is 0 Å². The van der Waals surface area contributed by atoms with E-state index < -0.39 is 15.7 Å². The predicted octanol–water partition coefficient (Wildman–Crippen LogP) is 1.47. The standard InChI is InChI=1S/C10H9FN2O3S/c1-17(14,15)8-4-2-3-7(11)9(8)6-5-13-16-10(6)12/h2-5H,12H2,1H3. The molecule has 1 aromatic heterocycles. The molecule has 2 rings (SSSR count). The highest BCUT2D eigenvalue weighted by atomic mass is 32.2. The average Bonchev–Trinajstić information content (AvgIpc) is 2.62. The fraction of sp³-hybridized carbons (Fsp3) is 0.100. The maximum Gasteiger partial charge on any atom is 0.230 e. The van der Waals surface area contributed by atoms with Crippen molar-refractivity contribution in [2.24, 2.45) is 0 Å². The van der Waals surface area contributed by atoms with E-state index in [-0.39, 0.29) is 21.9 Å². The summed E-state index contributed by atoms with van der Waals surface area (Å²) in [5, 5.41) is 3.40. The van der Waals surface area contributed by atoms with Crippen LogP contribution in [0, 0.1) is 5.82 Å². The summed E-state index contributed by atoms with van der Waals surface area (Å²) in [7, 11) is -3.56. The third kappa shape index (κ3) is 2.01. The Kier molecular flexibility index (Phi) is 2.62. The number of hydrogen-bond donors (Lipinski definition) is 1. The van der Waals surface area contributed by atoms with Crippen molar-refractivity contribution in [1.29, 1.82) is 0 Å². The lowest BCUT2D eigenvalue weighted by molar-refractivity contribution is 0.436.